The maximum absolute atomic E-state index is 10.8. The molecule has 0 radical (unpaired) electrons. The number of nitriles is 1. The smallest absolute Gasteiger partial charge is 0.270 e. The van der Waals surface area contributed by atoms with Crippen LogP contribution in [-0.4, -0.2) is 30.7 Å². The zero-order valence-electron chi connectivity index (χ0n) is 11.6. The first-order valence-electron chi connectivity index (χ1n) is 6.48. The average Bonchev–Trinajstić information content (AvgIpc) is 2.46. The van der Waals surface area contributed by atoms with Crippen LogP contribution in [0, 0.1) is 21.4 Å². The first-order valence-corrected chi connectivity index (χ1v) is 6.48. The summed E-state index contributed by atoms with van der Waals surface area (Å²) in [6.45, 7) is 3.54. The van der Waals surface area contributed by atoms with Gasteiger partial charge in [-0.25, -0.2) is 0 Å². The van der Waals surface area contributed by atoms with Gasteiger partial charge in [0.25, 0.3) is 5.69 Å². The fourth-order valence-corrected chi connectivity index (χ4v) is 2.58. The third-order valence-electron chi connectivity index (χ3n) is 3.80. The Morgan fingerprint density at radius 3 is 2.90 bits per heavy atom. The van der Waals surface area contributed by atoms with E-state index in [1.165, 1.54) is 12.1 Å². The van der Waals surface area contributed by atoms with Crippen LogP contribution in [0.15, 0.2) is 18.2 Å². The van der Waals surface area contributed by atoms with Crippen molar-refractivity contribution in [2.45, 2.75) is 25.4 Å². The van der Waals surface area contributed by atoms with Gasteiger partial charge in [0, 0.05) is 32.3 Å². The molecule has 1 aromatic rings. The van der Waals surface area contributed by atoms with Gasteiger partial charge in [-0.2, -0.15) is 5.26 Å². The highest BCUT2D eigenvalue weighted by atomic mass is 16.6. The number of ether oxygens (including phenoxy) is 1. The predicted octanol–water partition coefficient (Wildman–Crippen LogP) is 2.47. The van der Waals surface area contributed by atoms with Crippen molar-refractivity contribution < 1.29 is 9.66 Å². The fourth-order valence-electron chi connectivity index (χ4n) is 2.58. The third-order valence-corrected chi connectivity index (χ3v) is 3.80. The number of benzene rings is 1. The molecule has 1 saturated heterocycles. The molecule has 6 heteroatoms. The summed E-state index contributed by atoms with van der Waals surface area (Å²) in [6, 6.07) is 6.46. The Morgan fingerprint density at radius 2 is 2.30 bits per heavy atom. The van der Waals surface area contributed by atoms with Crippen LogP contribution in [0.1, 0.15) is 25.3 Å². The number of non-ortho nitro benzene ring substituents is 1. The molecule has 20 heavy (non-hydrogen) atoms. The fraction of sp³-hybridized carbons (Fsp3) is 0.500. The zero-order valence-corrected chi connectivity index (χ0v) is 11.6. The number of nitro benzene ring substituents is 1. The molecule has 1 aliphatic heterocycles. The molecule has 0 N–H and O–H groups in total. The minimum atomic E-state index is -0.486. The standard InChI is InChI=1S/C14H17N3O3/c1-14(20-2)6-3-7-16(10-14)13-5-4-12(17(18)19)8-11(13)9-15/h4-5,8H,3,6-7,10H2,1-2H3. The van der Waals surface area contributed by atoms with E-state index in [2.05, 4.69) is 4.90 Å². The van der Waals surface area contributed by atoms with Gasteiger partial charge in [0.15, 0.2) is 0 Å². The van der Waals surface area contributed by atoms with Crippen LogP contribution in [0.3, 0.4) is 0 Å². The van der Waals surface area contributed by atoms with Gasteiger partial charge in [-0.15, -0.1) is 0 Å². The highest BCUT2D eigenvalue weighted by molar-refractivity contribution is 5.63. The van der Waals surface area contributed by atoms with E-state index in [0.717, 1.165) is 25.1 Å². The molecule has 0 saturated carbocycles. The average molecular weight is 275 g/mol. The second kappa shape index (κ2) is 5.47. The van der Waals surface area contributed by atoms with Crippen molar-refractivity contribution in [2.24, 2.45) is 0 Å². The summed E-state index contributed by atoms with van der Waals surface area (Å²) >= 11 is 0. The SMILES string of the molecule is COC1(C)CCCN(c2ccc([N+](=O)[O-])cc2C#N)C1. The summed E-state index contributed by atoms with van der Waals surface area (Å²) in [7, 11) is 1.69. The van der Waals surface area contributed by atoms with Crippen molar-refractivity contribution >= 4 is 11.4 Å². The number of methoxy groups -OCH3 is 1. The first kappa shape index (κ1) is 14.3. The summed E-state index contributed by atoms with van der Waals surface area (Å²) in [5.41, 5.74) is 0.768. The molecule has 0 amide bonds. The van der Waals surface area contributed by atoms with E-state index < -0.39 is 4.92 Å². The van der Waals surface area contributed by atoms with E-state index in [1.54, 1.807) is 13.2 Å². The third kappa shape index (κ3) is 2.73. The normalized spacial score (nSPS) is 22.4. The van der Waals surface area contributed by atoms with E-state index in [4.69, 9.17) is 4.74 Å². The number of piperidine rings is 1. The van der Waals surface area contributed by atoms with E-state index >= 15 is 0 Å². The molecule has 0 aliphatic carbocycles. The number of hydrogen-bond acceptors (Lipinski definition) is 5. The minimum absolute atomic E-state index is 0.0585. The first-order chi connectivity index (χ1) is 9.49. The lowest BCUT2D eigenvalue weighted by atomic mass is 9.94. The second-order valence-electron chi connectivity index (χ2n) is 5.25. The van der Waals surface area contributed by atoms with Crippen LogP contribution >= 0.6 is 0 Å². The van der Waals surface area contributed by atoms with Crippen molar-refractivity contribution in [3.05, 3.63) is 33.9 Å². The molecule has 106 valence electrons. The molecule has 0 aromatic heterocycles. The van der Waals surface area contributed by atoms with Gasteiger partial charge < -0.3 is 9.64 Å². The van der Waals surface area contributed by atoms with Gasteiger partial charge in [0.2, 0.25) is 0 Å². The van der Waals surface area contributed by atoms with Crippen LogP contribution in [0.2, 0.25) is 0 Å². The van der Waals surface area contributed by atoms with Gasteiger partial charge in [0.1, 0.15) is 6.07 Å². The Hall–Kier alpha value is -2.13. The lowest BCUT2D eigenvalue weighted by Crippen LogP contribution is -2.47. The van der Waals surface area contributed by atoms with Crippen molar-refractivity contribution in [3.8, 4) is 6.07 Å². The Bertz CT molecular complexity index is 567. The number of rotatable bonds is 3. The summed E-state index contributed by atoms with van der Waals surface area (Å²) in [6.07, 6.45) is 1.93. The molecule has 1 aliphatic rings. The van der Waals surface area contributed by atoms with Crippen LogP contribution < -0.4 is 4.90 Å². The monoisotopic (exact) mass is 275 g/mol. The van der Waals surface area contributed by atoms with Gasteiger partial charge in [-0.3, -0.25) is 10.1 Å². The summed E-state index contributed by atoms with van der Waals surface area (Å²) in [5, 5.41) is 20.0. The second-order valence-corrected chi connectivity index (χ2v) is 5.25. The van der Waals surface area contributed by atoms with E-state index in [9.17, 15) is 15.4 Å². The lowest BCUT2D eigenvalue weighted by molar-refractivity contribution is -0.384. The van der Waals surface area contributed by atoms with Crippen molar-refractivity contribution in [1.82, 2.24) is 0 Å². The van der Waals surface area contributed by atoms with Crippen LogP contribution in [0.4, 0.5) is 11.4 Å². The van der Waals surface area contributed by atoms with Gasteiger partial charge in [0.05, 0.1) is 21.8 Å². The molecule has 6 nitrogen and oxygen atoms in total. The van der Waals surface area contributed by atoms with E-state index in [-0.39, 0.29) is 11.3 Å². The van der Waals surface area contributed by atoms with Crippen molar-refractivity contribution in [2.75, 3.05) is 25.1 Å². The number of nitrogens with zero attached hydrogens (tertiary/aromatic N) is 3. The molecular weight excluding hydrogens is 258 g/mol. The maximum Gasteiger partial charge on any atom is 0.270 e. The Balaban J connectivity index is 2.33. The summed E-state index contributed by atoms with van der Waals surface area (Å²) < 4.78 is 5.53. The van der Waals surface area contributed by atoms with Gasteiger partial charge in [-0.05, 0) is 25.8 Å². The number of nitro groups is 1. The highest BCUT2D eigenvalue weighted by Gasteiger charge is 2.32. The highest BCUT2D eigenvalue weighted by Crippen LogP contribution is 2.31. The quantitative estimate of drug-likeness (QED) is 0.625. The molecule has 1 aromatic carbocycles. The molecule has 1 fully saturated rings. The van der Waals surface area contributed by atoms with E-state index in [0.29, 0.717) is 12.1 Å². The number of hydrogen-bond donors (Lipinski definition) is 0. The van der Waals surface area contributed by atoms with Crippen molar-refractivity contribution in [3.63, 3.8) is 0 Å². The summed E-state index contributed by atoms with van der Waals surface area (Å²) in [4.78, 5) is 12.3. The molecule has 2 rings (SSSR count). The molecule has 0 bridgehead atoms. The van der Waals surface area contributed by atoms with Gasteiger partial charge >= 0.3 is 0 Å². The zero-order chi connectivity index (χ0) is 14.8. The van der Waals surface area contributed by atoms with Crippen LogP contribution in [0.5, 0.6) is 0 Å². The van der Waals surface area contributed by atoms with Crippen molar-refractivity contribution in [1.29, 1.82) is 5.26 Å². The van der Waals surface area contributed by atoms with Crippen LogP contribution in [-0.2, 0) is 4.74 Å². The molecular formula is C14H17N3O3. The summed E-state index contributed by atoms with van der Waals surface area (Å²) in [5.74, 6) is 0. The molecule has 0 spiro atoms. The lowest BCUT2D eigenvalue weighted by Gasteiger charge is -2.40. The molecule has 1 atom stereocenters. The minimum Gasteiger partial charge on any atom is -0.377 e. The maximum atomic E-state index is 10.8. The topological polar surface area (TPSA) is 79.4 Å². The largest absolute Gasteiger partial charge is 0.377 e. The predicted molar refractivity (Wildman–Crippen MR) is 74.7 cm³/mol. The Labute approximate surface area is 117 Å². The Morgan fingerprint density at radius 1 is 1.55 bits per heavy atom. The Kier molecular flexibility index (Phi) is 3.91. The molecule has 1 heterocycles. The number of anilines is 1. The van der Waals surface area contributed by atoms with Crippen LogP contribution in [0.25, 0.3) is 0 Å². The molecule has 1 unspecified atom stereocenters. The van der Waals surface area contributed by atoms with E-state index in [1.807, 2.05) is 13.0 Å². The van der Waals surface area contributed by atoms with Gasteiger partial charge in [-0.1, -0.05) is 0 Å².